The van der Waals surface area contributed by atoms with Crippen LogP contribution in [0, 0.1) is 17.2 Å². The minimum absolute atomic E-state index is 0.0195. The maximum absolute atomic E-state index is 14.9. The molecule has 0 spiro atoms. The van der Waals surface area contributed by atoms with Crippen LogP contribution >= 0.6 is 0 Å². The van der Waals surface area contributed by atoms with E-state index in [4.69, 9.17) is 29.9 Å². The smallest absolute Gasteiger partial charge is 0.231 e. The molecule has 0 unspecified atom stereocenters. The highest BCUT2D eigenvalue weighted by atomic mass is 32.2. The van der Waals surface area contributed by atoms with Crippen molar-refractivity contribution in [3.63, 3.8) is 0 Å². The van der Waals surface area contributed by atoms with E-state index in [1.807, 2.05) is 50.2 Å². The van der Waals surface area contributed by atoms with E-state index in [2.05, 4.69) is 19.9 Å². The fourth-order valence-corrected chi connectivity index (χ4v) is 8.28. The van der Waals surface area contributed by atoms with Crippen LogP contribution in [0.15, 0.2) is 71.6 Å². The van der Waals surface area contributed by atoms with Crippen molar-refractivity contribution < 1.29 is 27.4 Å². The number of sulfone groups is 1. The Morgan fingerprint density at radius 1 is 1.05 bits per heavy atom. The quantitative estimate of drug-likeness (QED) is 0.348. The predicted molar refractivity (Wildman–Crippen MR) is 157 cm³/mol. The predicted octanol–water partition coefficient (Wildman–Crippen LogP) is 4.98. The van der Waals surface area contributed by atoms with Crippen molar-refractivity contribution in [1.82, 2.24) is 4.90 Å². The Bertz CT molecular complexity index is 1580. The number of ether oxygens (including phenoxy) is 4. The molecule has 2 aliphatic heterocycles. The molecule has 2 aliphatic rings. The van der Waals surface area contributed by atoms with E-state index in [1.165, 1.54) is 6.07 Å². The third-order valence-electron chi connectivity index (χ3n) is 7.87. The minimum Gasteiger partial charge on any atom is -0.489 e. The third kappa shape index (κ3) is 5.45. The van der Waals surface area contributed by atoms with Gasteiger partial charge in [-0.2, -0.15) is 5.26 Å². The molecular formula is C32H37N3O6S. The SMILES string of the molecule is CC(C)C[C@H]1OC(C)(C)N(CN)[C@@]1(Cc1ccc(OCc2cccc(C#N)c2)cc1)S(=O)(=O)c1ccc2c(c1)OCO2. The molecule has 0 saturated carbocycles. The van der Waals surface area contributed by atoms with Gasteiger partial charge < -0.3 is 24.7 Å². The average molecular weight is 592 g/mol. The number of nitrogens with zero attached hydrogens (tertiary/aromatic N) is 2. The van der Waals surface area contributed by atoms with Crippen LogP contribution in [0.5, 0.6) is 17.2 Å². The summed E-state index contributed by atoms with van der Waals surface area (Å²) in [6, 6.07) is 21.5. The lowest BCUT2D eigenvalue weighted by atomic mass is 9.93. The van der Waals surface area contributed by atoms with Gasteiger partial charge in [0.25, 0.3) is 0 Å². The van der Waals surface area contributed by atoms with Gasteiger partial charge in [0.2, 0.25) is 16.6 Å². The Balaban J connectivity index is 1.52. The molecule has 1 fully saturated rings. The first-order chi connectivity index (χ1) is 20.0. The summed E-state index contributed by atoms with van der Waals surface area (Å²) >= 11 is 0. The summed E-state index contributed by atoms with van der Waals surface area (Å²) in [5.41, 5.74) is 7.65. The fraction of sp³-hybridized carbons (Fsp3) is 0.406. The van der Waals surface area contributed by atoms with Crippen molar-refractivity contribution in [1.29, 1.82) is 5.26 Å². The number of rotatable bonds is 10. The molecule has 1 saturated heterocycles. The Morgan fingerprint density at radius 2 is 1.79 bits per heavy atom. The summed E-state index contributed by atoms with van der Waals surface area (Å²) in [5.74, 6) is 1.71. The number of nitriles is 1. The highest BCUT2D eigenvalue weighted by Gasteiger charge is 2.65. The molecule has 42 heavy (non-hydrogen) atoms. The molecule has 10 heteroatoms. The number of hydrogen-bond acceptors (Lipinski definition) is 9. The minimum atomic E-state index is -4.08. The molecule has 0 bridgehead atoms. The van der Waals surface area contributed by atoms with Crippen molar-refractivity contribution in [2.24, 2.45) is 11.7 Å². The second-order valence-electron chi connectivity index (χ2n) is 11.6. The summed E-state index contributed by atoms with van der Waals surface area (Å²) in [6.45, 7) is 8.16. The standard InChI is InChI=1S/C32H37N3O6S/c1-22(2)14-30-32(35(20-34)31(3,4)41-30,42(36,37)27-12-13-28-29(16-27)40-21-39-28)17-23-8-10-26(11-9-23)38-19-25-7-5-6-24(15-25)18-33/h5-13,15-16,22,30H,14,17,19-21,34H2,1-4H3/t30-,32+/m1/s1. The number of fused-ring (bicyclic) bond motifs is 1. The zero-order valence-electron chi connectivity index (χ0n) is 24.4. The second kappa shape index (κ2) is 11.6. The lowest BCUT2D eigenvalue weighted by Crippen LogP contribution is -2.62. The summed E-state index contributed by atoms with van der Waals surface area (Å²) in [6.07, 6.45) is 0.00805. The van der Waals surface area contributed by atoms with Crippen LogP contribution in [-0.2, 0) is 27.6 Å². The molecule has 0 radical (unpaired) electrons. The van der Waals surface area contributed by atoms with Crippen molar-refractivity contribution in [2.45, 2.75) is 68.7 Å². The van der Waals surface area contributed by atoms with Crippen LogP contribution < -0.4 is 19.9 Å². The number of benzene rings is 3. The number of hydrogen-bond donors (Lipinski definition) is 1. The average Bonchev–Trinajstić information content (AvgIpc) is 3.51. The van der Waals surface area contributed by atoms with Gasteiger partial charge in [0.05, 0.1) is 22.6 Å². The number of nitrogens with two attached hydrogens (primary N) is 1. The van der Waals surface area contributed by atoms with E-state index in [0.717, 1.165) is 11.1 Å². The highest BCUT2D eigenvalue weighted by molar-refractivity contribution is 7.92. The molecule has 5 rings (SSSR count). The Hall–Kier alpha value is -3.62. The van der Waals surface area contributed by atoms with Gasteiger partial charge in [-0.15, -0.1) is 0 Å². The van der Waals surface area contributed by atoms with E-state index >= 15 is 0 Å². The molecule has 3 aromatic rings. The van der Waals surface area contributed by atoms with Crippen LogP contribution in [0.1, 0.15) is 50.8 Å². The van der Waals surface area contributed by atoms with Gasteiger partial charge in [0, 0.05) is 19.2 Å². The van der Waals surface area contributed by atoms with Crippen molar-refractivity contribution >= 4 is 9.84 Å². The van der Waals surface area contributed by atoms with E-state index in [0.29, 0.717) is 35.8 Å². The second-order valence-corrected chi connectivity index (χ2v) is 13.8. The van der Waals surface area contributed by atoms with E-state index < -0.39 is 26.5 Å². The summed E-state index contributed by atoms with van der Waals surface area (Å²) in [4.78, 5) is 0.405. The molecule has 222 valence electrons. The van der Waals surface area contributed by atoms with Gasteiger partial charge in [-0.1, -0.05) is 38.1 Å². The summed E-state index contributed by atoms with van der Waals surface area (Å²) in [7, 11) is -4.08. The third-order valence-corrected chi connectivity index (χ3v) is 10.3. The summed E-state index contributed by atoms with van der Waals surface area (Å²) < 4.78 is 53.2. The van der Waals surface area contributed by atoms with Crippen molar-refractivity contribution in [2.75, 3.05) is 13.5 Å². The van der Waals surface area contributed by atoms with Gasteiger partial charge in [-0.3, -0.25) is 0 Å². The first kappa shape index (κ1) is 29.9. The monoisotopic (exact) mass is 591 g/mol. The largest absolute Gasteiger partial charge is 0.489 e. The van der Waals surface area contributed by atoms with Gasteiger partial charge >= 0.3 is 0 Å². The zero-order valence-corrected chi connectivity index (χ0v) is 25.2. The Morgan fingerprint density at radius 3 is 2.48 bits per heavy atom. The Kier molecular flexibility index (Phi) is 8.23. The van der Waals surface area contributed by atoms with Crippen molar-refractivity contribution in [3.8, 4) is 23.3 Å². The maximum Gasteiger partial charge on any atom is 0.231 e. The Labute approximate surface area is 247 Å². The first-order valence-corrected chi connectivity index (χ1v) is 15.5. The lowest BCUT2D eigenvalue weighted by Gasteiger charge is -2.42. The molecule has 2 heterocycles. The molecule has 0 aromatic heterocycles. The van der Waals surface area contributed by atoms with Gasteiger partial charge in [-0.05, 0) is 73.7 Å². The molecule has 2 atom stereocenters. The van der Waals surface area contributed by atoms with Crippen LogP contribution in [0.4, 0.5) is 0 Å². The van der Waals surface area contributed by atoms with E-state index in [1.54, 1.807) is 29.2 Å². The van der Waals surface area contributed by atoms with Gasteiger partial charge in [-0.25, -0.2) is 13.3 Å². The van der Waals surface area contributed by atoms with Crippen molar-refractivity contribution in [3.05, 3.63) is 83.4 Å². The van der Waals surface area contributed by atoms with Crippen LogP contribution in [-0.4, -0.2) is 43.5 Å². The first-order valence-electron chi connectivity index (χ1n) is 14.0. The molecule has 9 nitrogen and oxygen atoms in total. The van der Waals surface area contributed by atoms with Gasteiger partial charge in [0.1, 0.15) is 18.1 Å². The summed E-state index contributed by atoms with van der Waals surface area (Å²) in [5, 5.41) is 9.16. The van der Waals surface area contributed by atoms with E-state index in [-0.39, 0.29) is 30.7 Å². The molecule has 0 amide bonds. The zero-order chi connectivity index (χ0) is 30.1. The molecular weight excluding hydrogens is 554 g/mol. The van der Waals surface area contributed by atoms with Gasteiger partial charge in [0.15, 0.2) is 16.4 Å². The molecule has 2 N–H and O–H groups in total. The highest BCUT2D eigenvalue weighted by Crippen LogP contribution is 2.50. The maximum atomic E-state index is 14.9. The topological polar surface area (TPSA) is 124 Å². The van der Waals surface area contributed by atoms with Crippen LogP contribution in [0.3, 0.4) is 0 Å². The van der Waals surface area contributed by atoms with Crippen LogP contribution in [0.2, 0.25) is 0 Å². The normalized spacial score (nSPS) is 21.4. The molecule has 3 aromatic carbocycles. The lowest BCUT2D eigenvalue weighted by molar-refractivity contribution is -0.0786. The van der Waals surface area contributed by atoms with Crippen LogP contribution in [0.25, 0.3) is 0 Å². The fourth-order valence-electron chi connectivity index (χ4n) is 5.93. The molecule has 0 aliphatic carbocycles. The van der Waals surface area contributed by atoms with E-state index in [9.17, 15) is 8.42 Å².